The van der Waals surface area contributed by atoms with Gasteiger partial charge in [0, 0.05) is 36.4 Å². The van der Waals surface area contributed by atoms with Crippen molar-refractivity contribution in [3.8, 4) is 5.75 Å². The van der Waals surface area contributed by atoms with E-state index in [4.69, 9.17) is 32.8 Å². The normalized spacial score (nSPS) is 10.8. The van der Waals surface area contributed by atoms with Crippen molar-refractivity contribution in [2.24, 2.45) is 0 Å². The first-order chi connectivity index (χ1) is 20.0. The number of urea groups is 1. The smallest absolute Gasteiger partial charge is 0.319 e. The highest BCUT2D eigenvalue weighted by Gasteiger charge is 2.20. The summed E-state index contributed by atoms with van der Waals surface area (Å²) in [5, 5.41) is 6.83. The van der Waals surface area contributed by atoms with Crippen molar-refractivity contribution in [3.63, 3.8) is 0 Å². The molecule has 0 aliphatic carbocycles. The van der Waals surface area contributed by atoms with Crippen molar-refractivity contribution in [1.82, 2.24) is 14.7 Å². The lowest BCUT2D eigenvalue weighted by atomic mass is 10.2. The number of anilines is 3. The number of hydroxylamine groups is 1. The van der Waals surface area contributed by atoms with Crippen LogP contribution in [0, 0.1) is 6.92 Å². The van der Waals surface area contributed by atoms with Crippen molar-refractivity contribution in [2.75, 3.05) is 36.0 Å². The van der Waals surface area contributed by atoms with Gasteiger partial charge in [0.15, 0.2) is 11.4 Å². The highest BCUT2D eigenvalue weighted by atomic mass is 79.9. The molecule has 0 saturated carbocycles. The molecular formula is C28H27BrCl2N6O5. The molecular weight excluding hydrogens is 651 g/mol. The minimum absolute atomic E-state index is 0.0284. The van der Waals surface area contributed by atoms with Crippen LogP contribution in [-0.2, 0) is 21.0 Å². The molecule has 0 aliphatic rings. The average molecular weight is 678 g/mol. The molecule has 0 bridgehead atoms. The third kappa shape index (κ3) is 6.79. The fourth-order valence-corrected chi connectivity index (χ4v) is 5.06. The second-order valence-electron chi connectivity index (χ2n) is 9.01. The molecule has 0 aliphatic heterocycles. The Morgan fingerprint density at radius 3 is 2.60 bits per heavy atom. The van der Waals surface area contributed by atoms with Crippen molar-refractivity contribution < 1.29 is 24.0 Å². The summed E-state index contributed by atoms with van der Waals surface area (Å²) in [7, 11) is 2.90. The summed E-state index contributed by atoms with van der Waals surface area (Å²) < 4.78 is 8.72. The van der Waals surface area contributed by atoms with Gasteiger partial charge in [-0.15, -0.1) is 0 Å². The number of benzene rings is 2. The fourth-order valence-electron chi connectivity index (χ4n) is 4.08. The van der Waals surface area contributed by atoms with Crippen molar-refractivity contribution >= 4 is 79.7 Å². The lowest BCUT2D eigenvalue weighted by Crippen LogP contribution is -2.40. The van der Waals surface area contributed by atoms with E-state index in [0.717, 1.165) is 15.4 Å². The van der Waals surface area contributed by atoms with Crippen molar-refractivity contribution in [2.45, 2.75) is 20.5 Å². The van der Waals surface area contributed by atoms with Crippen LogP contribution < -0.4 is 25.3 Å². The monoisotopic (exact) mass is 676 g/mol. The lowest BCUT2D eigenvalue weighted by molar-refractivity contribution is -0.122. The molecule has 11 nitrogen and oxygen atoms in total. The Morgan fingerprint density at radius 2 is 1.88 bits per heavy atom. The van der Waals surface area contributed by atoms with Crippen LogP contribution in [0.2, 0.25) is 10.0 Å². The fraction of sp³-hybridized carbons (Fsp3) is 0.214. The number of fused-ring (bicyclic) bond motifs is 1. The van der Waals surface area contributed by atoms with Gasteiger partial charge in [0.2, 0.25) is 11.8 Å². The number of nitrogens with one attached hydrogen (secondary N) is 2. The zero-order valence-electron chi connectivity index (χ0n) is 23.1. The quantitative estimate of drug-likeness (QED) is 0.210. The van der Waals surface area contributed by atoms with Gasteiger partial charge < -0.3 is 20.3 Å². The van der Waals surface area contributed by atoms with Crippen LogP contribution in [0.15, 0.2) is 59.3 Å². The molecule has 4 rings (SSSR count). The summed E-state index contributed by atoms with van der Waals surface area (Å²) >= 11 is 16.6. The highest BCUT2D eigenvalue weighted by molar-refractivity contribution is 9.10. The maximum Gasteiger partial charge on any atom is 0.319 e. The Hall–Kier alpha value is -3.84. The third-order valence-corrected chi connectivity index (χ3v) is 7.93. The second-order valence-corrected chi connectivity index (χ2v) is 10.5. The van der Waals surface area contributed by atoms with Crippen LogP contribution in [0.3, 0.4) is 0 Å². The molecule has 2 N–H and O–H groups in total. The predicted molar refractivity (Wildman–Crippen MR) is 165 cm³/mol. The van der Waals surface area contributed by atoms with Crippen LogP contribution in [0.5, 0.6) is 5.75 Å². The molecule has 0 radical (unpaired) electrons. The summed E-state index contributed by atoms with van der Waals surface area (Å²) in [6, 6.07) is 12.7. The first kappa shape index (κ1) is 31.1. The van der Waals surface area contributed by atoms with E-state index in [-0.39, 0.29) is 24.1 Å². The lowest BCUT2D eigenvalue weighted by Gasteiger charge is -2.21. The molecule has 0 fully saturated rings. The number of carbonyl (C=O) groups is 3. The summed E-state index contributed by atoms with van der Waals surface area (Å²) in [5.74, 6) is -0.230. The maximum atomic E-state index is 13.0. The van der Waals surface area contributed by atoms with Crippen LogP contribution in [0.4, 0.5) is 21.9 Å². The number of amides is 4. The van der Waals surface area contributed by atoms with Gasteiger partial charge in [0.1, 0.15) is 11.2 Å². The third-order valence-electron chi connectivity index (χ3n) is 6.20. The minimum atomic E-state index is -0.618. The number of aryl methyl sites for hydroxylation is 1. The molecule has 2 heterocycles. The Bertz CT molecular complexity index is 1660. The van der Waals surface area contributed by atoms with Crippen molar-refractivity contribution in [1.29, 1.82) is 0 Å². The second kappa shape index (κ2) is 13.4. The summed E-state index contributed by atoms with van der Waals surface area (Å²) in [4.78, 5) is 48.1. The molecule has 220 valence electrons. The van der Waals surface area contributed by atoms with E-state index in [1.54, 1.807) is 42.5 Å². The number of nitrogens with zero attached hydrogens (tertiary/aromatic N) is 4. The number of imidazole rings is 1. The number of carbonyl (C=O) groups excluding carboxylic acids is 3. The molecule has 14 heteroatoms. The Kier molecular flexibility index (Phi) is 9.94. The van der Waals surface area contributed by atoms with Crippen LogP contribution in [0.25, 0.3) is 5.65 Å². The first-order valence-electron chi connectivity index (χ1n) is 12.5. The van der Waals surface area contributed by atoms with Gasteiger partial charge >= 0.3 is 6.03 Å². The van der Waals surface area contributed by atoms with E-state index in [1.165, 1.54) is 26.0 Å². The van der Waals surface area contributed by atoms with Crippen LogP contribution in [-0.4, -0.2) is 47.9 Å². The van der Waals surface area contributed by atoms with Crippen LogP contribution >= 0.6 is 39.1 Å². The molecule has 4 aromatic rings. The number of ether oxygens (including phenoxy) is 1. The zero-order chi connectivity index (χ0) is 30.6. The topological polar surface area (TPSA) is 118 Å². The summed E-state index contributed by atoms with van der Waals surface area (Å²) in [6.07, 6.45) is 1.86. The van der Waals surface area contributed by atoms with E-state index in [1.807, 2.05) is 23.6 Å². The molecule has 2 aromatic heterocycles. The SMILES string of the molecule is CON(C(C)=O)c1cccc(NC(=O)NCC(=O)N(C)c2ccc(Cl)c(COc3cccn4c(Br)c(C)nc34)c2Cl)c1. The molecule has 0 atom stereocenters. The van der Waals surface area contributed by atoms with Gasteiger partial charge in [-0.1, -0.05) is 29.3 Å². The van der Waals surface area contributed by atoms with E-state index in [2.05, 4.69) is 31.5 Å². The minimum Gasteiger partial charge on any atom is -0.485 e. The van der Waals surface area contributed by atoms with Gasteiger partial charge in [-0.3, -0.25) is 18.8 Å². The summed E-state index contributed by atoms with van der Waals surface area (Å²) in [6.45, 7) is 2.94. The highest BCUT2D eigenvalue weighted by Crippen LogP contribution is 2.35. The Morgan fingerprint density at radius 1 is 1.12 bits per heavy atom. The average Bonchev–Trinajstić information content (AvgIpc) is 3.25. The van der Waals surface area contributed by atoms with Crippen LogP contribution in [0.1, 0.15) is 18.2 Å². The number of hydrogen-bond donors (Lipinski definition) is 2. The molecule has 2 aromatic carbocycles. The largest absolute Gasteiger partial charge is 0.485 e. The van der Waals surface area contributed by atoms with Crippen molar-refractivity contribution in [3.05, 3.63) is 80.6 Å². The Balaban J connectivity index is 1.40. The van der Waals surface area contributed by atoms with E-state index < -0.39 is 11.9 Å². The van der Waals surface area contributed by atoms with Gasteiger partial charge in [-0.05, 0) is 65.3 Å². The molecule has 0 saturated heterocycles. The molecule has 0 unspecified atom stereocenters. The number of pyridine rings is 1. The van der Waals surface area contributed by atoms with Gasteiger partial charge in [-0.25, -0.2) is 9.78 Å². The predicted octanol–water partition coefficient (Wildman–Crippen LogP) is 5.99. The zero-order valence-corrected chi connectivity index (χ0v) is 26.2. The van der Waals surface area contributed by atoms with E-state index >= 15 is 0 Å². The molecule has 4 amide bonds. The summed E-state index contributed by atoms with van der Waals surface area (Å²) in [5.41, 5.74) is 3.14. The number of halogens is 3. The van der Waals surface area contributed by atoms with Gasteiger partial charge in [0.25, 0.3) is 0 Å². The number of rotatable bonds is 9. The number of hydrogen-bond acceptors (Lipinski definition) is 6. The number of likely N-dealkylation sites (N-methyl/N-ethyl adjacent to an activating group) is 1. The first-order valence-corrected chi connectivity index (χ1v) is 14.1. The van der Waals surface area contributed by atoms with Gasteiger partial charge in [-0.2, -0.15) is 5.06 Å². The maximum absolute atomic E-state index is 13.0. The molecule has 0 spiro atoms. The number of aromatic nitrogens is 2. The molecule has 42 heavy (non-hydrogen) atoms. The Labute approximate surface area is 260 Å². The van der Waals surface area contributed by atoms with Gasteiger partial charge in [0.05, 0.1) is 35.7 Å². The van der Waals surface area contributed by atoms with E-state index in [0.29, 0.717) is 39.0 Å². The van der Waals surface area contributed by atoms with E-state index in [9.17, 15) is 14.4 Å². The standard InChI is InChI=1S/C28H27BrCl2N6O5/c1-16-26(29)36-12-6-9-23(27(36)33-16)42-15-20-21(30)10-11-22(25(20)31)35(3)24(39)14-32-28(40)34-18-7-5-8-19(13-18)37(41-4)17(2)38/h5-13H,14-15H2,1-4H3,(H2,32,34,40).